The molecule has 0 spiro atoms. The van der Waals surface area contributed by atoms with Crippen LogP contribution in [0.25, 0.3) is 0 Å². The van der Waals surface area contributed by atoms with Crippen LogP contribution in [-0.2, 0) is 0 Å². The highest BCUT2D eigenvalue weighted by Gasteiger charge is 2.02. The van der Waals surface area contributed by atoms with Gasteiger partial charge >= 0.3 is 0 Å². The van der Waals surface area contributed by atoms with E-state index in [-0.39, 0.29) is 5.82 Å². The van der Waals surface area contributed by atoms with Gasteiger partial charge < -0.3 is 5.32 Å². The van der Waals surface area contributed by atoms with E-state index >= 15 is 0 Å². The average molecular weight is 238 g/mol. The minimum Gasteiger partial charge on any atom is -0.383 e. The summed E-state index contributed by atoms with van der Waals surface area (Å²) in [4.78, 5) is 0. The zero-order chi connectivity index (χ0) is 11.8. The van der Waals surface area contributed by atoms with Crippen molar-refractivity contribution in [1.82, 2.24) is 0 Å². The van der Waals surface area contributed by atoms with Crippen LogP contribution in [0.3, 0.4) is 0 Å². The molecule has 1 N–H and O–H groups in total. The SMILES string of the molecule is CSCCCCNc1ccc(C#N)cc1F. The first-order valence-electron chi connectivity index (χ1n) is 5.20. The van der Waals surface area contributed by atoms with E-state index in [9.17, 15) is 4.39 Å². The quantitative estimate of drug-likeness (QED) is 0.773. The first-order chi connectivity index (χ1) is 7.77. The molecule has 0 fully saturated rings. The second-order valence-electron chi connectivity index (χ2n) is 3.43. The molecule has 0 atom stereocenters. The van der Waals surface area contributed by atoms with Crippen molar-refractivity contribution in [3.63, 3.8) is 0 Å². The van der Waals surface area contributed by atoms with Crippen molar-refractivity contribution in [2.24, 2.45) is 0 Å². The molecule has 0 heterocycles. The maximum atomic E-state index is 13.4. The Bertz CT molecular complexity index is 374. The van der Waals surface area contributed by atoms with Gasteiger partial charge in [-0.3, -0.25) is 0 Å². The standard InChI is InChI=1S/C12H15FN2S/c1-16-7-3-2-6-15-12-5-4-10(9-14)8-11(12)13/h4-5,8,15H,2-3,6-7H2,1H3. The second-order valence-corrected chi connectivity index (χ2v) is 4.42. The lowest BCUT2D eigenvalue weighted by Gasteiger charge is -2.07. The third-order valence-electron chi connectivity index (χ3n) is 2.19. The Labute approximate surface area is 99.9 Å². The van der Waals surface area contributed by atoms with Crippen molar-refractivity contribution >= 4 is 17.4 Å². The van der Waals surface area contributed by atoms with Crippen LogP contribution >= 0.6 is 11.8 Å². The number of rotatable bonds is 6. The van der Waals surface area contributed by atoms with Crippen molar-refractivity contribution in [1.29, 1.82) is 5.26 Å². The number of benzene rings is 1. The predicted octanol–water partition coefficient (Wildman–Crippen LogP) is 3.25. The number of unbranched alkanes of at least 4 members (excludes halogenated alkanes) is 1. The van der Waals surface area contributed by atoms with Crippen molar-refractivity contribution in [2.45, 2.75) is 12.8 Å². The monoisotopic (exact) mass is 238 g/mol. The Balaban J connectivity index is 2.40. The molecule has 0 aliphatic heterocycles. The molecule has 0 aromatic heterocycles. The molecule has 0 saturated heterocycles. The van der Waals surface area contributed by atoms with Gasteiger partial charge in [-0.2, -0.15) is 17.0 Å². The molecule has 16 heavy (non-hydrogen) atoms. The number of thioether (sulfide) groups is 1. The highest BCUT2D eigenvalue weighted by atomic mass is 32.2. The van der Waals surface area contributed by atoms with E-state index in [4.69, 9.17) is 5.26 Å². The van der Waals surface area contributed by atoms with E-state index in [2.05, 4.69) is 11.6 Å². The maximum Gasteiger partial charge on any atom is 0.147 e. The summed E-state index contributed by atoms with van der Waals surface area (Å²) in [7, 11) is 0. The van der Waals surface area contributed by atoms with Gasteiger partial charge in [-0.1, -0.05) is 0 Å². The summed E-state index contributed by atoms with van der Waals surface area (Å²) in [5.74, 6) is 0.779. The first kappa shape index (κ1) is 12.9. The highest BCUT2D eigenvalue weighted by Crippen LogP contribution is 2.15. The van der Waals surface area contributed by atoms with E-state index in [0.717, 1.165) is 25.1 Å². The maximum absolute atomic E-state index is 13.4. The van der Waals surface area contributed by atoms with Crippen LogP contribution in [0.2, 0.25) is 0 Å². The number of nitriles is 1. The van der Waals surface area contributed by atoms with Gasteiger partial charge in [-0.15, -0.1) is 0 Å². The van der Waals surface area contributed by atoms with E-state index in [0.29, 0.717) is 11.3 Å². The van der Waals surface area contributed by atoms with Gasteiger partial charge in [-0.05, 0) is 43.0 Å². The third kappa shape index (κ3) is 4.11. The molecule has 2 nitrogen and oxygen atoms in total. The molecule has 4 heteroatoms. The highest BCUT2D eigenvalue weighted by molar-refractivity contribution is 7.98. The topological polar surface area (TPSA) is 35.8 Å². The van der Waals surface area contributed by atoms with Crippen LogP contribution in [-0.4, -0.2) is 18.6 Å². The molecule has 1 rings (SSSR count). The minimum atomic E-state index is -0.357. The van der Waals surface area contributed by atoms with Crippen molar-refractivity contribution in [3.05, 3.63) is 29.6 Å². The Morgan fingerprint density at radius 2 is 2.25 bits per heavy atom. The van der Waals surface area contributed by atoms with E-state index in [1.165, 1.54) is 6.07 Å². The summed E-state index contributed by atoms with van der Waals surface area (Å²) < 4.78 is 13.4. The molecule has 0 aliphatic rings. The van der Waals surface area contributed by atoms with Crippen LogP contribution in [0.15, 0.2) is 18.2 Å². The Morgan fingerprint density at radius 1 is 1.44 bits per heavy atom. The fourth-order valence-electron chi connectivity index (χ4n) is 1.32. The number of hydrogen-bond acceptors (Lipinski definition) is 3. The summed E-state index contributed by atoms with van der Waals surface area (Å²) >= 11 is 1.82. The molecule has 0 amide bonds. The molecule has 86 valence electrons. The lowest BCUT2D eigenvalue weighted by molar-refractivity contribution is 0.629. The van der Waals surface area contributed by atoms with Crippen LogP contribution < -0.4 is 5.32 Å². The molecule has 1 aromatic rings. The largest absolute Gasteiger partial charge is 0.383 e. The summed E-state index contributed by atoms with van der Waals surface area (Å²) in [6, 6.07) is 6.39. The van der Waals surface area contributed by atoms with Crippen LogP contribution in [0.5, 0.6) is 0 Å². The number of nitrogens with zero attached hydrogens (tertiary/aromatic N) is 1. The fraction of sp³-hybridized carbons (Fsp3) is 0.417. The van der Waals surface area contributed by atoms with Gasteiger partial charge in [0.1, 0.15) is 5.82 Å². The van der Waals surface area contributed by atoms with E-state index < -0.39 is 0 Å². The summed E-state index contributed by atoms with van der Waals surface area (Å²) in [5.41, 5.74) is 0.827. The summed E-state index contributed by atoms with van der Waals surface area (Å²) in [6.07, 6.45) is 4.24. The molecule has 0 saturated carbocycles. The predicted molar refractivity (Wildman–Crippen MR) is 67.2 cm³/mol. The molecule has 0 radical (unpaired) electrons. The van der Waals surface area contributed by atoms with Gasteiger partial charge in [0.15, 0.2) is 0 Å². The Kier molecular flexibility index (Phi) is 5.73. The molecular weight excluding hydrogens is 223 g/mol. The first-order valence-corrected chi connectivity index (χ1v) is 6.59. The van der Waals surface area contributed by atoms with Gasteiger partial charge in [0.05, 0.1) is 17.3 Å². The minimum absolute atomic E-state index is 0.352. The van der Waals surface area contributed by atoms with Gasteiger partial charge in [0.2, 0.25) is 0 Å². The van der Waals surface area contributed by atoms with Crippen LogP contribution in [0.4, 0.5) is 10.1 Å². The third-order valence-corrected chi connectivity index (χ3v) is 2.89. The van der Waals surface area contributed by atoms with Gasteiger partial charge in [0.25, 0.3) is 0 Å². The number of hydrogen-bond donors (Lipinski definition) is 1. The lowest BCUT2D eigenvalue weighted by Crippen LogP contribution is -2.03. The molecule has 0 aliphatic carbocycles. The number of nitrogens with one attached hydrogen (secondary N) is 1. The number of anilines is 1. The Hall–Kier alpha value is -1.21. The zero-order valence-electron chi connectivity index (χ0n) is 9.29. The second kappa shape index (κ2) is 7.13. The van der Waals surface area contributed by atoms with Crippen LogP contribution in [0.1, 0.15) is 18.4 Å². The number of halogens is 1. The van der Waals surface area contributed by atoms with Crippen molar-refractivity contribution in [2.75, 3.05) is 23.9 Å². The lowest BCUT2D eigenvalue weighted by atomic mass is 10.2. The fourth-order valence-corrected chi connectivity index (χ4v) is 1.82. The normalized spacial score (nSPS) is 9.81. The van der Waals surface area contributed by atoms with Crippen LogP contribution in [0, 0.1) is 17.1 Å². The van der Waals surface area contributed by atoms with Gasteiger partial charge in [0, 0.05) is 6.54 Å². The average Bonchev–Trinajstić information content (AvgIpc) is 2.30. The summed E-state index contributed by atoms with van der Waals surface area (Å²) in [5, 5.41) is 11.6. The molecule has 0 unspecified atom stereocenters. The molecule has 0 bridgehead atoms. The molecular formula is C12H15FN2S. The van der Waals surface area contributed by atoms with Gasteiger partial charge in [-0.25, -0.2) is 4.39 Å². The summed E-state index contributed by atoms with van der Waals surface area (Å²) in [6.45, 7) is 0.767. The van der Waals surface area contributed by atoms with Crippen molar-refractivity contribution < 1.29 is 4.39 Å². The van der Waals surface area contributed by atoms with E-state index in [1.54, 1.807) is 12.1 Å². The molecule has 1 aromatic carbocycles. The smallest absolute Gasteiger partial charge is 0.147 e. The zero-order valence-corrected chi connectivity index (χ0v) is 10.1. The van der Waals surface area contributed by atoms with E-state index in [1.807, 2.05) is 17.8 Å². The Morgan fingerprint density at radius 3 is 2.88 bits per heavy atom. The van der Waals surface area contributed by atoms with Crippen molar-refractivity contribution in [3.8, 4) is 6.07 Å².